The molecular formula is C11H11F3INO4. The smallest absolute Gasteiger partial charge is 0.495 e. The van der Waals surface area contributed by atoms with Crippen LogP contribution in [0.5, 0.6) is 11.6 Å². The third-order valence-corrected chi connectivity index (χ3v) is 3.02. The molecule has 0 aliphatic rings. The fourth-order valence-electron chi connectivity index (χ4n) is 1.38. The average Bonchev–Trinajstić information content (AvgIpc) is 2.32. The number of carbonyl (C=O) groups is 1. The first-order chi connectivity index (χ1) is 9.28. The van der Waals surface area contributed by atoms with Gasteiger partial charge in [-0.2, -0.15) is 0 Å². The number of halogens is 4. The van der Waals surface area contributed by atoms with E-state index < -0.39 is 18.2 Å². The minimum Gasteiger partial charge on any atom is -0.495 e. The Morgan fingerprint density at radius 1 is 1.45 bits per heavy atom. The van der Waals surface area contributed by atoms with E-state index in [0.717, 1.165) is 6.20 Å². The number of aromatic nitrogens is 1. The number of ether oxygens (including phenoxy) is 3. The number of pyridine rings is 1. The van der Waals surface area contributed by atoms with Crippen LogP contribution in [0.2, 0.25) is 0 Å². The molecule has 0 amide bonds. The summed E-state index contributed by atoms with van der Waals surface area (Å²) in [5, 5.41) is 0. The molecule has 5 nitrogen and oxygen atoms in total. The number of hydrogen-bond acceptors (Lipinski definition) is 5. The van der Waals surface area contributed by atoms with Gasteiger partial charge in [0, 0.05) is 11.8 Å². The Kier molecular flexibility index (Phi) is 5.84. The van der Waals surface area contributed by atoms with E-state index in [2.05, 4.69) is 9.72 Å². The van der Waals surface area contributed by atoms with Crippen LogP contribution in [0.3, 0.4) is 0 Å². The highest BCUT2D eigenvalue weighted by molar-refractivity contribution is 14.1. The van der Waals surface area contributed by atoms with Crippen LogP contribution < -0.4 is 9.47 Å². The van der Waals surface area contributed by atoms with Crippen LogP contribution >= 0.6 is 22.6 Å². The molecule has 1 rings (SSSR count). The Morgan fingerprint density at radius 2 is 2.10 bits per heavy atom. The number of rotatable bonds is 5. The van der Waals surface area contributed by atoms with Crippen LogP contribution in [0, 0.1) is 3.57 Å². The molecule has 9 heteroatoms. The van der Waals surface area contributed by atoms with E-state index in [1.807, 2.05) is 0 Å². The molecular weight excluding hydrogens is 394 g/mol. The van der Waals surface area contributed by atoms with E-state index in [4.69, 9.17) is 9.47 Å². The summed E-state index contributed by atoms with van der Waals surface area (Å²) in [4.78, 5) is 14.9. The molecule has 0 atom stereocenters. The van der Waals surface area contributed by atoms with E-state index in [0.29, 0.717) is 5.56 Å². The van der Waals surface area contributed by atoms with Crippen molar-refractivity contribution < 1.29 is 32.2 Å². The predicted octanol–water partition coefficient (Wildman–Crippen LogP) is 2.70. The molecule has 0 unspecified atom stereocenters. The lowest BCUT2D eigenvalue weighted by atomic mass is 10.2. The van der Waals surface area contributed by atoms with E-state index in [1.165, 1.54) is 7.11 Å². The summed E-state index contributed by atoms with van der Waals surface area (Å²) in [5.41, 5.74) is 0.324. The molecule has 0 aliphatic carbocycles. The van der Waals surface area contributed by atoms with Crippen molar-refractivity contribution in [3.8, 4) is 11.6 Å². The van der Waals surface area contributed by atoms with Gasteiger partial charge >= 0.3 is 12.3 Å². The minimum absolute atomic E-state index is 0.0317. The molecule has 0 fully saturated rings. The maximum Gasteiger partial charge on any atom is 0.574 e. The summed E-state index contributed by atoms with van der Waals surface area (Å²) in [6, 6.07) is 0. The Labute approximate surface area is 126 Å². The standard InChI is InChI=1S/C11H11F3INO4/c1-3-19-7(17)4-6-5-16-10(20-11(12,13)14)8(15)9(6)18-2/h5H,3-4H2,1-2H3. The maximum absolute atomic E-state index is 12.2. The zero-order valence-corrected chi connectivity index (χ0v) is 12.7. The highest BCUT2D eigenvalue weighted by atomic mass is 127. The third-order valence-electron chi connectivity index (χ3n) is 2.07. The fourth-order valence-corrected chi connectivity index (χ4v) is 2.20. The normalized spacial score (nSPS) is 11.1. The second-order valence-corrected chi connectivity index (χ2v) is 4.54. The summed E-state index contributed by atoms with van der Waals surface area (Å²) in [7, 11) is 1.28. The van der Waals surface area contributed by atoms with Crippen molar-refractivity contribution in [1.82, 2.24) is 4.98 Å². The van der Waals surface area contributed by atoms with E-state index in [1.54, 1.807) is 29.5 Å². The van der Waals surface area contributed by atoms with Gasteiger partial charge in [-0.25, -0.2) is 4.98 Å². The van der Waals surface area contributed by atoms with Crippen LogP contribution in [0.15, 0.2) is 6.20 Å². The van der Waals surface area contributed by atoms with Gasteiger partial charge in [-0.05, 0) is 29.5 Å². The summed E-state index contributed by atoms with van der Waals surface area (Å²) in [6.07, 6.45) is -3.90. The van der Waals surface area contributed by atoms with Crippen molar-refractivity contribution in [3.05, 3.63) is 15.3 Å². The topological polar surface area (TPSA) is 57.7 Å². The van der Waals surface area contributed by atoms with Gasteiger partial charge in [0.1, 0.15) is 9.32 Å². The van der Waals surface area contributed by atoms with Gasteiger partial charge in [-0.1, -0.05) is 0 Å². The van der Waals surface area contributed by atoms with Crippen LogP contribution in [0.25, 0.3) is 0 Å². The van der Waals surface area contributed by atoms with Crippen LogP contribution in [0.4, 0.5) is 13.2 Å². The molecule has 20 heavy (non-hydrogen) atoms. The SMILES string of the molecule is CCOC(=O)Cc1cnc(OC(F)(F)F)c(I)c1OC. The van der Waals surface area contributed by atoms with Gasteiger partial charge in [0.2, 0.25) is 5.88 Å². The monoisotopic (exact) mass is 405 g/mol. The Morgan fingerprint density at radius 3 is 2.60 bits per heavy atom. The second kappa shape index (κ2) is 6.95. The van der Waals surface area contributed by atoms with Crippen molar-refractivity contribution in [2.24, 2.45) is 0 Å². The summed E-state index contributed by atoms with van der Waals surface area (Å²) >= 11 is 1.61. The largest absolute Gasteiger partial charge is 0.574 e. The van der Waals surface area contributed by atoms with Crippen molar-refractivity contribution in [2.45, 2.75) is 19.7 Å². The van der Waals surface area contributed by atoms with E-state index in [9.17, 15) is 18.0 Å². The molecule has 112 valence electrons. The summed E-state index contributed by atoms with van der Waals surface area (Å²) in [6.45, 7) is 1.86. The minimum atomic E-state index is -4.85. The van der Waals surface area contributed by atoms with E-state index in [-0.39, 0.29) is 22.3 Å². The molecule has 0 saturated carbocycles. The lowest BCUT2D eigenvalue weighted by Crippen LogP contribution is -2.19. The molecule has 1 heterocycles. The number of nitrogens with zero attached hydrogens (tertiary/aromatic N) is 1. The Hall–Kier alpha value is -1.26. The molecule has 0 spiro atoms. The highest BCUT2D eigenvalue weighted by Crippen LogP contribution is 2.34. The Bertz CT molecular complexity index is 493. The molecule has 0 radical (unpaired) electrons. The first-order valence-corrected chi connectivity index (χ1v) is 6.49. The van der Waals surface area contributed by atoms with Crippen molar-refractivity contribution in [2.75, 3.05) is 13.7 Å². The third kappa shape index (κ3) is 4.69. The number of methoxy groups -OCH3 is 1. The van der Waals surface area contributed by atoms with Crippen LogP contribution in [-0.4, -0.2) is 31.0 Å². The van der Waals surface area contributed by atoms with Crippen molar-refractivity contribution in [1.29, 1.82) is 0 Å². The molecule has 0 N–H and O–H groups in total. The van der Waals surface area contributed by atoms with Crippen molar-refractivity contribution >= 4 is 28.6 Å². The quantitative estimate of drug-likeness (QED) is 0.557. The fraction of sp³-hybridized carbons (Fsp3) is 0.455. The average molecular weight is 405 g/mol. The molecule has 1 aromatic rings. The molecule has 0 aromatic carbocycles. The van der Waals surface area contributed by atoms with E-state index >= 15 is 0 Å². The Balaban J connectivity index is 3.05. The van der Waals surface area contributed by atoms with Crippen LogP contribution in [-0.2, 0) is 16.0 Å². The molecule has 0 bridgehead atoms. The zero-order valence-electron chi connectivity index (χ0n) is 10.6. The van der Waals surface area contributed by atoms with Gasteiger partial charge in [0.05, 0.1) is 20.1 Å². The lowest BCUT2D eigenvalue weighted by molar-refractivity contribution is -0.276. The summed E-state index contributed by atoms with van der Waals surface area (Å²) in [5.74, 6) is -1.04. The van der Waals surface area contributed by atoms with Gasteiger partial charge in [0.25, 0.3) is 0 Å². The summed E-state index contributed by atoms with van der Waals surface area (Å²) < 4.78 is 50.1. The second-order valence-electron chi connectivity index (χ2n) is 3.47. The number of hydrogen-bond donors (Lipinski definition) is 0. The van der Waals surface area contributed by atoms with Gasteiger partial charge in [-0.3, -0.25) is 4.79 Å². The molecule has 1 aromatic heterocycles. The zero-order chi connectivity index (χ0) is 15.3. The molecule has 0 aliphatic heterocycles. The number of alkyl halides is 3. The van der Waals surface area contributed by atoms with Crippen molar-refractivity contribution in [3.63, 3.8) is 0 Å². The van der Waals surface area contributed by atoms with Gasteiger partial charge < -0.3 is 14.2 Å². The maximum atomic E-state index is 12.2. The van der Waals surface area contributed by atoms with Crippen LogP contribution in [0.1, 0.15) is 12.5 Å². The highest BCUT2D eigenvalue weighted by Gasteiger charge is 2.33. The number of carbonyl (C=O) groups excluding carboxylic acids is 1. The predicted molar refractivity (Wildman–Crippen MR) is 70.5 cm³/mol. The van der Waals surface area contributed by atoms with Gasteiger partial charge in [-0.15, -0.1) is 13.2 Å². The first kappa shape index (κ1) is 16.8. The lowest BCUT2D eigenvalue weighted by Gasteiger charge is -2.14. The first-order valence-electron chi connectivity index (χ1n) is 5.41. The van der Waals surface area contributed by atoms with Gasteiger partial charge in [0.15, 0.2) is 0 Å². The molecule has 0 saturated heterocycles. The number of esters is 1.